The molecule has 8 nitrogen and oxygen atoms in total. The molecule has 0 saturated carbocycles. The van der Waals surface area contributed by atoms with Gasteiger partial charge in [-0.15, -0.1) is 0 Å². The van der Waals surface area contributed by atoms with Crippen molar-refractivity contribution in [3.8, 4) is 11.1 Å². The van der Waals surface area contributed by atoms with Gasteiger partial charge in [-0.3, -0.25) is 14.4 Å². The summed E-state index contributed by atoms with van der Waals surface area (Å²) in [5.74, 6) is -2.14. The lowest BCUT2D eigenvalue weighted by atomic mass is 9.95. The van der Waals surface area contributed by atoms with Crippen molar-refractivity contribution >= 4 is 40.7 Å². The van der Waals surface area contributed by atoms with Crippen molar-refractivity contribution in [2.75, 3.05) is 23.8 Å². The predicted octanol–water partition coefficient (Wildman–Crippen LogP) is 2.53. The Kier molecular flexibility index (Phi) is 5.02. The molecule has 2 aromatic carbocycles. The average molecular weight is 446 g/mol. The zero-order valence-electron chi connectivity index (χ0n) is 17.3. The zero-order valence-corrected chi connectivity index (χ0v) is 17.3. The second kappa shape index (κ2) is 8.03. The molecule has 2 aliphatic heterocycles. The third-order valence-electron chi connectivity index (χ3n) is 5.65. The number of nitrogens with one attached hydrogen (secondary N) is 4. The highest BCUT2D eigenvalue weighted by molar-refractivity contribution is 6.35. The Bertz CT molecular complexity index is 1340. The third-order valence-corrected chi connectivity index (χ3v) is 5.65. The number of halogens is 1. The number of fused-ring (bicyclic) bond motifs is 2. The van der Waals surface area contributed by atoms with Crippen LogP contribution in [-0.2, 0) is 16.0 Å². The van der Waals surface area contributed by atoms with Crippen molar-refractivity contribution < 1.29 is 23.9 Å². The fraction of sp³-hybridized carbons (Fsp3) is 0.125. The maximum absolute atomic E-state index is 14.6. The molecule has 166 valence electrons. The monoisotopic (exact) mass is 446 g/mol. The summed E-state index contributed by atoms with van der Waals surface area (Å²) in [7, 11) is 0. The van der Waals surface area contributed by atoms with Crippen LogP contribution in [0.25, 0.3) is 22.8 Å². The molecule has 0 aliphatic carbocycles. The molecule has 0 atom stereocenters. The van der Waals surface area contributed by atoms with Crippen LogP contribution in [0.5, 0.6) is 0 Å². The summed E-state index contributed by atoms with van der Waals surface area (Å²) in [5, 5.41) is 16.7. The molecule has 33 heavy (non-hydrogen) atoms. The molecule has 1 aromatic heterocycles. The fourth-order valence-electron chi connectivity index (χ4n) is 4.20. The number of rotatable bonds is 4. The molecular formula is C24H19FN4O4. The summed E-state index contributed by atoms with van der Waals surface area (Å²) in [6.07, 6.45) is 2.23. The summed E-state index contributed by atoms with van der Waals surface area (Å²) in [4.78, 5) is 40.1. The SMILES string of the molecule is O=C(CO)Nc1cc2c(cc1F)C(=Cc1[nH]c3c(c1-c1ccccc1)C(=O)NCC3)C(=O)N2. The third kappa shape index (κ3) is 3.58. The van der Waals surface area contributed by atoms with Gasteiger partial charge in [-0.25, -0.2) is 4.39 Å². The van der Waals surface area contributed by atoms with E-state index in [2.05, 4.69) is 20.9 Å². The summed E-state index contributed by atoms with van der Waals surface area (Å²) in [6.45, 7) is -0.283. The molecule has 0 radical (unpaired) electrons. The molecule has 3 aromatic rings. The maximum Gasteiger partial charge on any atom is 0.256 e. The molecule has 3 amide bonds. The Hall–Kier alpha value is -4.24. The zero-order chi connectivity index (χ0) is 23.1. The van der Waals surface area contributed by atoms with Gasteiger partial charge in [-0.1, -0.05) is 30.3 Å². The van der Waals surface area contributed by atoms with Crippen LogP contribution in [0.15, 0.2) is 42.5 Å². The van der Waals surface area contributed by atoms with Crippen molar-refractivity contribution in [1.29, 1.82) is 0 Å². The van der Waals surface area contributed by atoms with E-state index in [9.17, 15) is 18.8 Å². The van der Waals surface area contributed by atoms with E-state index in [0.717, 1.165) is 17.3 Å². The van der Waals surface area contributed by atoms with Gasteiger partial charge in [0.2, 0.25) is 5.91 Å². The quantitative estimate of drug-likeness (QED) is 0.395. The van der Waals surface area contributed by atoms with Crippen molar-refractivity contribution in [3.63, 3.8) is 0 Å². The second-order valence-corrected chi connectivity index (χ2v) is 7.74. The van der Waals surface area contributed by atoms with E-state index < -0.39 is 24.2 Å². The van der Waals surface area contributed by atoms with Crippen molar-refractivity contribution in [2.45, 2.75) is 6.42 Å². The van der Waals surface area contributed by atoms with Crippen molar-refractivity contribution in [2.24, 2.45) is 0 Å². The van der Waals surface area contributed by atoms with Crippen molar-refractivity contribution in [1.82, 2.24) is 10.3 Å². The number of aliphatic hydroxyl groups is 1. The van der Waals surface area contributed by atoms with Crippen LogP contribution in [-0.4, -0.2) is 41.0 Å². The first-order valence-corrected chi connectivity index (χ1v) is 10.3. The number of anilines is 2. The minimum absolute atomic E-state index is 0.147. The highest BCUT2D eigenvalue weighted by atomic mass is 19.1. The van der Waals surface area contributed by atoms with E-state index in [1.165, 1.54) is 6.07 Å². The standard InChI is InChI=1S/C24H19FN4O4/c25-15-8-13-14(23(32)29-17(13)10-18(15)28-20(31)11-30)9-19-21(12-4-2-1-3-5-12)22-16(27-19)6-7-26-24(22)33/h1-5,8-10,27,30H,6-7,11H2,(H,26,33)(H,28,31)(H,29,32). The molecule has 5 N–H and O–H groups in total. The molecule has 9 heteroatoms. The molecule has 5 rings (SSSR count). The molecule has 0 bridgehead atoms. The van der Waals surface area contributed by atoms with Gasteiger partial charge >= 0.3 is 0 Å². The lowest BCUT2D eigenvalue weighted by Crippen LogP contribution is -2.31. The van der Waals surface area contributed by atoms with Gasteiger partial charge in [-0.05, 0) is 23.8 Å². The Labute approximate surface area is 187 Å². The predicted molar refractivity (Wildman–Crippen MR) is 121 cm³/mol. The van der Waals surface area contributed by atoms with Crippen LogP contribution in [0.2, 0.25) is 0 Å². The lowest BCUT2D eigenvalue weighted by molar-refractivity contribution is -0.118. The molecule has 2 aliphatic rings. The number of aromatic amines is 1. The number of carbonyl (C=O) groups is 3. The number of carbonyl (C=O) groups excluding carboxylic acids is 3. The number of hydrogen-bond donors (Lipinski definition) is 5. The molecular weight excluding hydrogens is 427 g/mol. The number of hydrogen-bond acceptors (Lipinski definition) is 4. The highest BCUT2D eigenvalue weighted by Gasteiger charge is 2.30. The second-order valence-electron chi connectivity index (χ2n) is 7.74. The fourth-order valence-corrected chi connectivity index (χ4v) is 4.20. The minimum Gasteiger partial charge on any atom is -0.387 e. The topological polar surface area (TPSA) is 123 Å². The Balaban J connectivity index is 1.64. The van der Waals surface area contributed by atoms with Crippen LogP contribution in [0.4, 0.5) is 15.8 Å². The van der Waals surface area contributed by atoms with Crippen molar-refractivity contribution in [3.05, 3.63) is 70.8 Å². The number of benzene rings is 2. The van der Waals surface area contributed by atoms with E-state index in [1.807, 2.05) is 30.3 Å². The molecule has 0 spiro atoms. The van der Waals surface area contributed by atoms with Gasteiger partial charge in [0.15, 0.2) is 0 Å². The summed E-state index contributed by atoms with van der Waals surface area (Å²) in [6, 6.07) is 11.8. The largest absolute Gasteiger partial charge is 0.387 e. The first-order chi connectivity index (χ1) is 16.0. The Morgan fingerprint density at radius 3 is 2.67 bits per heavy atom. The van der Waals surface area contributed by atoms with Crippen LogP contribution in [0.3, 0.4) is 0 Å². The van der Waals surface area contributed by atoms with E-state index in [0.29, 0.717) is 41.0 Å². The molecule has 0 saturated heterocycles. The van der Waals surface area contributed by atoms with E-state index in [1.54, 1.807) is 6.08 Å². The van der Waals surface area contributed by atoms with Gasteiger partial charge < -0.3 is 26.0 Å². The summed E-state index contributed by atoms with van der Waals surface area (Å²) in [5.41, 5.74) is 4.09. The maximum atomic E-state index is 14.6. The van der Waals surface area contributed by atoms with Gasteiger partial charge in [0.05, 0.1) is 22.5 Å². The molecule has 3 heterocycles. The molecule has 0 fully saturated rings. The van der Waals surface area contributed by atoms with E-state index >= 15 is 0 Å². The van der Waals surface area contributed by atoms with Crippen LogP contribution in [0, 0.1) is 5.82 Å². The highest BCUT2D eigenvalue weighted by Crippen LogP contribution is 2.39. The van der Waals surface area contributed by atoms with E-state index in [4.69, 9.17) is 5.11 Å². The summed E-state index contributed by atoms with van der Waals surface area (Å²) >= 11 is 0. The summed E-state index contributed by atoms with van der Waals surface area (Å²) < 4.78 is 14.6. The number of amides is 3. The molecule has 0 unspecified atom stereocenters. The first-order valence-electron chi connectivity index (χ1n) is 10.3. The smallest absolute Gasteiger partial charge is 0.256 e. The first kappa shape index (κ1) is 20.7. The minimum atomic E-state index is -0.790. The average Bonchev–Trinajstić information content (AvgIpc) is 3.33. The number of aliphatic hydroxyl groups excluding tert-OH is 1. The van der Waals surface area contributed by atoms with Crippen LogP contribution in [0.1, 0.15) is 27.3 Å². The van der Waals surface area contributed by atoms with Crippen LogP contribution >= 0.6 is 0 Å². The Morgan fingerprint density at radius 2 is 1.91 bits per heavy atom. The van der Waals surface area contributed by atoms with Gasteiger partial charge in [-0.2, -0.15) is 0 Å². The van der Waals surface area contributed by atoms with Gasteiger partial charge in [0.1, 0.15) is 12.4 Å². The van der Waals surface area contributed by atoms with E-state index in [-0.39, 0.29) is 17.2 Å². The number of H-pyrrole nitrogens is 1. The normalized spacial score (nSPS) is 15.6. The lowest BCUT2D eigenvalue weighted by Gasteiger charge is -2.13. The van der Waals surface area contributed by atoms with Gasteiger partial charge in [0, 0.05) is 35.5 Å². The van der Waals surface area contributed by atoms with Crippen LogP contribution < -0.4 is 16.0 Å². The van der Waals surface area contributed by atoms with Gasteiger partial charge in [0.25, 0.3) is 11.8 Å². The number of aromatic nitrogens is 1. The Morgan fingerprint density at radius 1 is 1.12 bits per heavy atom.